The van der Waals surface area contributed by atoms with Crippen molar-refractivity contribution in [2.45, 2.75) is 9.79 Å². The maximum Gasteiger partial charge on any atom is 3.00 e. The summed E-state index contributed by atoms with van der Waals surface area (Å²) in [4.78, 5) is 22.8. The molecule has 3 rings (SSSR count). The van der Waals surface area contributed by atoms with E-state index < -0.39 is 52.9 Å². The van der Waals surface area contributed by atoms with Crippen LogP contribution in [0.4, 0.5) is 11.4 Å². The number of hydrogen-bond acceptors (Lipinski definition) is 11. The van der Waals surface area contributed by atoms with Gasteiger partial charge in [0, 0.05) is 0 Å². The van der Waals surface area contributed by atoms with E-state index in [4.69, 9.17) is 0 Å². The first-order valence-corrected chi connectivity index (χ1v) is 10.8. The van der Waals surface area contributed by atoms with Crippen molar-refractivity contribution in [1.82, 2.24) is 9.78 Å². The zero-order valence-corrected chi connectivity index (χ0v) is 18.3. The number of azo groups is 1. The monoisotopic (exact) mass is 492 g/mol. The molecular formula is C16H9AlN4O9S2. The number of benzene rings is 2. The molecule has 0 aliphatic heterocycles. The van der Waals surface area contributed by atoms with E-state index in [1.165, 1.54) is 0 Å². The van der Waals surface area contributed by atoms with Crippen LogP contribution in [0.5, 0.6) is 0 Å². The molecule has 3 aromatic rings. The number of carboxylic acid groups (broad SMARTS) is 1. The van der Waals surface area contributed by atoms with Gasteiger partial charge in [0.2, 0.25) is 0 Å². The summed E-state index contributed by atoms with van der Waals surface area (Å²) in [6.07, 6.45) is 0. The Morgan fingerprint density at radius 3 is 1.75 bits per heavy atom. The molecule has 0 fully saturated rings. The number of hydrogen-bond donors (Lipinski definition) is 1. The second-order valence-corrected chi connectivity index (χ2v) is 8.62. The van der Waals surface area contributed by atoms with Crippen LogP contribution in [-0.4, -0.2) is 59.1 Å². The van der Waals surface area contributed by atoms with Gasteiger partial charge in [-0.1, -0.05) is 0 Å². The third-order valence-electron chi connectivity index (χ3n) is 3.84. The zero-order chi connectivity index (χ0) is 23.0. The van der Waals surface area contributed by atoms with Crippen LogP contribution in [0.3, 0.4) is 0 Å². The van der Waals surface area contributed by atoms with Crippen molar-refractivity contribution in [2.75, 3.05) is 0 Å². The molecule has 0 saturated carbocycles. The van der Waals surface area contributed by atoms with Gasteiger partial charge in [-0.2, -0.15) is 5.11 Å². The van der Waals surface area contributed by atoms with Crippen LogP contribution >= 0.6 is 0 Å². The molecule has 16 heteroatoms. The van der Waals surface area contributed by atoms with Crippen LogP contribution in [0.1, 0.15) is 10.5 Å². The molecular weight excluding hydrogens is 483 g/mol. The summed E-state index contributed by atoms with van der Waals surface area (Å²) in [5, 5.41) is 20.8. The van der Waals surface area contributed by atoms with Gasteiger partial charge in [-0.3, -0.25) is 9.89 Å². The molecule has 162 valence electrons. The van der Waals surface area contributed by atoms with E-state index in [2.05, 4.69) is 15.3 Å². The van der Waals surface area contributed by atoms with Crippen LogP contribution in [-0.2, 0) is 20.2 Å². The van der Waals surface area contributed by atoms with Gasteiger partial charge in [0.1, 0.15) is 25.9 Å². The molecule has 0 unspecified atom stereocenters. The van der Waals surface area contributed by atoms with Gasteiger partial charge in [-0.15, -0.1) is 5.11 Å². The molecule has 0 atom stereocenters. The predicted octanol–water partition coefficient (Wildman–Crippen LogP) is -0.628. The molecule has 0 radical (unpaired) electrons. The summed E-state index contributed by atoms with van der Waals surface area (Å²) in [6, 6.07) is 8.16. The largest absolute Gasteiger partial charge is 3.00 e. The van der Waals surface area contributed by atoms with E-state index in [1.807, 2.05) is 0 Å². The number of carbonyl (C=O) groups excluding carboxylic acids is 1. The first kappa shape index (κ1) is 25.1. The Morgan fingerprint density at radius 1 is 0.844 bits per heavy atom. The van der Waals surface area contributed by atoms with E-state index in [9.17, 15) is 40.6 Å². The molecule has 0 bridgehead atoms. The van der Waals surface area contributed by atoms with Crippen molar-refractivity contribution in [1.29, 1.82) is 0 Å². The summed E-state index contributed by atoms with van der Waals surface area (Å²) < 4.78 is 66.5. The van der Waals surface area contributed by atoms with Crippen molar-refractivity contribution in [3.63, 3.8) is 0 Å². The molecule has 0 amide bonds. The minimum absolute atomic E-state index is 0. The van der Waals surface area contributed by atoms with Crippen LogP contribution in [0.2, 0.25) is 0 Å². The number of aromatic carboxylic acids is 1. The van der Waals surface area contributed by atoms with Gasteiger partial charge in [0.15, 0.2) is 5.69 Å². The Morgan fingerprint density at radius 2 is 1.31 bits per heavy atom. The van der Waals surface area contributed by atoms with E-state index >= 15 is 0 Å². The minimum Gasteiger partial charge on any atom is -0.744 e. The fraction of sp³-hybridized carbons (Fsp3) is 0. The Hall–Kier alpha value is -3.13. The Kier molecular flexibility index (Phi) is 7.20. The van der Waals surface area contributed by atoms with E-state index in [0.717, 1.165) is 48.5 Å². The fourth-order valence-electron chi connectivity index (χ4n) is 2.39. The van der Waals surface area contributed by atoms with Crippen molar-refractivity contribution < 1.29 is 35.8 Å². The Bertz CT molecular complexity index is 1460. The number of nitrogens with zero attached hydrogens (tertiary/aromatic N) is 3. The topological polar surface area (TPSA) is 217 Å². The van der Waals surface area contributed by atoms with Crippen molar-refractivity contribution in [3.8, 4) is 5.69 Å². The smallest absolute Gasteiger partial charge is 0.744 e. The van der Waals surface area contributed by atoms with E-state index in [0.29, 0.717) is 4.68 Å². The molecule has 1 heterocycles. The SMILES string of the molecule is O=C([O-])c1[nH]n(-c2ccc(S(=O)(=O)[O-])cc2)c(=O)c1N=Nc1ccc(S(=O)(=O)[O-])cc1.[Al+3]. The number of aromatic amines is 1. The molecule has 1 aromatic heterocycles. The number of H-pyrrole nitrogens is 1. The maximum atomic E-state index is 12.6. The predicted molar refractivity (Wildman–Crippen MR) is 103 cm³/mol. The summed E-state index contributed by atoms with van der Waals surface area (Å²) in [6.45, 7) is 0. The van der Waals surface area contributed by atoms with Gasteiger partial charge in [-0.05, 0) is 48.5 Å². The second-order valence-electron chi connectivity index (χ2n) is 5.86. The number of carboxylic acids is 1. The maximum absolute atomic E-state index is 12.6. The third-order valence-corrected chi connectivity index (χ3v) is 5.54. The number of nitrogens with one attached hydrogen (secondary N) is 1. The van der Waals surface area contributed by atoms with Crippen LogP contribution in [0.25, 0.3) is 5.69 Å². The molecule has 0 spiro atoms. The molecule has 1 N–H and O–H groups in total. The quantitative estimate of drug-likeness (QED) is 0.263. The van der Waals surface area contributed by atoms with Crippen molar-refractivity contribution >= 4 is 54.9 Å². The van der Waals surface area contributed by atoms with Crippen molar-refractivity contribution in [3.05, 3.63) is 64.6 Å². The molecule has 13 nitrogen and oxygen atoms in total. The standard InChI is InChI=1S/C16H12N4O9S2.Al/c21-15-13(18-17-9-1-5-11(6-2-9)30(24,25)26)14(16(22)23)19-20(15)10-3-7-12(8-4-10)31(27,28)29;/h1-8,19H,(H,22,23)(H,24,25,26)(H,27,28,29);/q;+3/p-3. The molecule has 2 aromatic carbocycles. The van der Waals surface area contributed by atoms with Crippen molar-refractivity contribution in [2.24, 2.45) is 10.2 Å². The average Bonchev–Trinajstić information content (AvgIpc) is 3.02. The number of carbonyl (C=O) groups is 1. The van der Waals surface area contributed by atoms with Gasteiger partial charge in [0.25, 0.3) is 5.56 Å². The van der Waals surface area contributed by atoms with Gasteiger partial charge in [-0.25, -0.2) is 21.5 Å². The second kappa shape index (κ2) is 9.16. The molecule has 32 heavy (non-hydrogen) atoms. The fourth-order valence-corrected chi connectivity index (χ4v) is 3.33. The Labute approximate surface area is 190 Å². The van der Waals surface area contributed by atoms with E-state index in [1.54, 1.807) is 0 Å². The summed E-state index contributed by atoms with van der Waals surface area (Å²) in [5.41, 5.74) is -2.39. The summed E-state index contributed by atoms with van der Waals surface area (Å²) in [5.74, 6) is -1.80. The molecule has 0 aliphatic carbocycles. The number of rotatable bonds is 6. The Balaban J connectivity index is 0.00000363. The van der Waals surface area contributed by atoms with E-state index in [-0.39, 0.29) is 28.7 Å². The number of aromatic nitrogens is 2. The minimum atomic E-state index is -4.72. The van der Waals surface area contributed by atoms with Gasteiger partial charge < -0.3 is 19.0 Å². The average molecular weight is 492 g/mol. The molecule has 0 aliphatic rings. The van der Waals surface area contributed by atoms with Gasteiger partial charge in [0.05, 0.1) is 27.1 Å². The first-order valence-electron chi connectivity index (χ1n) is 7.98. The summed E-state index contributed by atoms with van der Waals surface area (Å²) >= 11 is 0. The van der Waals surface area contributed by atoms with Crippen LogP contribution < -0.4 is 10.7 Å². The molecule has 0 saturated heterocycles. The third kappa shape index (κ3) is 5.37. The normalized spacial score (nSPS) is 11.9. The van der Waals surface area contributed by atoms with Gasteiger partial charge >= 0.3 is 17.4 Å². The first-order chi connectivity index (χ1) is 14.4. The summed E-state index contributed by atoms with van der Waals surface area (Å²) in [7, 11) is -9.40. The van der Waals surface area contributed by atoms with Crippen LogP contribution in [0, 0.1) is 0 Å². The zero-order valence-electron chi connectivity index (χ0n) is 15.5. The van der Waals surface area contributed by atoms with Crippen LogP contribution in [0.15, 0.2) is 73.3 Å².